The lowest BCUT2D eigenvalue weighted by Crippen LogP contribution is -2.22. The summed E-state index contributed by atoms with van der Waals surface area (Å²) in [6, 6.07) is 13.7. The molecule has 0 aromatic heterocycles. The zero-order chi connectivity index (χ0) is 13.7. The van der Waals surface area contributed by atoms with Gasteiger partial charge >= 0.3 is 0 Å². The van der Waals surface area contributed by atoms with Crippen molar-refractivity contribution in [2.45, 2.75) is 6.92 Å². The van der Waals surface area contributed by atoms with E-state index in [1.165, 1.54) is 6.07 Å². The summed E-state index contributed by atoms with van der Waals surface area (Å²) < 4.78 is 13.3. The van der Waals surface area contributed by atoms with Crippen LogP contribution < -0.4 is 10.6 Å². The average molecular weight is 258 g/mol. The molecule has 0 spiro atoms. The summed E-state index contributed by atoms with van der Waals surface area (Å²) >= 11 is 0. The second-order valence-corrected chi connectivity index (χ2v) is 4.25. The highest BCUT2D eigenvalue weighted by Crippen LogP contribution is 2.12. The van der Waals surface area contributed by atoms with Crippen molar-refractivity contribution in [2.75, 3.05) is 17.2 Å². The van der Waals surface area contributed by atoms with E-state index < -0.39 is 0 Å². The number of carbonyl (C=O) groups excluding carboxylic acids is 1. The van der Waals surface area contributed by atoms with Crippen molar-refractivity contribution in [2.24, 2.45) is 0 Å². The van der Waals surface area contributed by atoms with Gasteiger partial charge in [0.2, 0.25) is 5.91 Å². The van der Waals surface area contributed by atoms with Gasteiger partial charge in [-0.15, -0.1) is 0 Å². The van der Waals surface area contributed by atoms with Gasteiger partial charge in [-0.1, -0.05) is 29.8 Å². The highest BCUT2D eigenvalue weighted by molar-refractivity contribution is 5.93. The molecular formula is C15H15FN2O. The highest BCUT2D eigenvalue weighted by atomic mass is 19.1. The standard InChI is InChI=1S/C15H15FN2O/c1-11-6-8-12(9-7-11)18-15(19)10-17-14-5-3-2-4-13(14)16/h2-9,17H,10H2,1H3,(H,18,19). The Morgan fingerprint density at radius 1 is 1.11 bits per heavy atom. The van der Waals surface area contributed by atoms with Crippen LogP contribution in [0.5, 0.6) is 0 Å². The Morgan fingerprint density at radius 3 is 2.47 bits per heavy atom. The van der Waals surface area contributed by atoms with Gasteiger partial charge in [0.05, 0.1) is 12.2 Å². The van der Waals surface area contributed by atoms with Gasteiger partial charge in [-0.2, -0.15) is 0 Å². The lowest BCUT2D eigenvalue weighted by molar-refractivity contribution is -0.114. The minimum atomic E-state index is -0.370. The molecule has 0 bridgehead atoms. The number of amides is 1. The van der Waals surface area contributed by atoms with Crippen molar-refractivity contribution < 1.29 is 9.18 Å². The van der Waals surface area contributed by atoms with Crippen LogP contribution in [-0.2, 0) is 4.79 Å². The summed E-state index contributed by atoms with van der Waals surface area (Å²) in [4.78, 5) is 11.7. The van der Waals surface area contributed by atoms with E-state index in [-0.39, 0.29) is 18.3 Å². The molecule has 0 aliphatic heterocycles. The molecule has 0 radical (unpaired) electrons. The van der Waals surface area contributed by atoms with E-state index in [4.69, 9.17) is 0 Å². The van der Waals surface area contributed by atoms with Gasteiger partial charge in [-0.3, -0.25) is 4.79 Å². The Kier molecular flexibility index (Phi) is 4.13. The van der Waals surface area contributed by atoms with Crippen LogP contribution in [0.3, 0.4) is 0 Å². The van der Waals surface area contributed by atoms with E-state index in [0.29, 0.717) is 5.69 Å². The molecule has 0 atom stereocenters. The third kappa shape index (κ3) is 3.81. The number of rotatable bonds is 4. The number of para-hydroxylation sites is 1. The van der Waals surface area contributed by atoms with E-state index in [0.717, 1.165) is 11.3 Å². The molecule has 1 amide bonds. The number of aryl methyl sites for hydroxylation is 1. The number of benzene rings is 2. The van der Waals surface area contributed by atoms with Crippen molar-refractivity contribution in [1.29, 1.82) is 0 Å². The molecule has 98 valence electrons. The maximum atomic E-state index is 13.3. The monoisotopic (exact) mass is 258 g/mol. The molecular weight excluding hydrogens is 243 g/mol. The maximum Gasteiger partial charge on any atom is 0.243 e. The van der Waals surface area contributed by atoms with Crippen LogP contribution in [0.15, 0.2) is 48.5 Å². The SMILES string of the molecule is Cc1ccc(NC(=O)CNc2ccccc2F)cc1. The fraction of sp³-hybridized carbons (Fsp3) is 0.133. The number of nitrogens with one attached hydrogen (secondary N) is 2. The molecule has 0 saturated carbocycles. The van der Waals surface area contributed by atoms with Crippen LogP contribution >= 0.6 is 0 Å². The van der Waals surface area contributed by atoms with Crippen molar-refractivity contribution in [3.05, 3.63) is 59.9 Å². The summed E-state index contributed by atoms with van der Waals surface area (Å²) in [7, 11) is 0. The number of hydrogen-bond acceptors (Lipinski definition) is 2. The minimum absolute atomic E-state index is 0.0226. The normalized spacial score (nSPS) is 10.0. The van der Waals surface area contributed by atoms with Gasteiger partial charge in [0.15, 0.2) is 0 Å². The molecule has 2 aromatic rings. The van der Waals surface area contributed by atoms with Crippen LogP contribution in [0.4, 0.5) is 15.8 Å². The number of halogens is 1. The van der Waals surface area contributed by atoms with Gasteiger partial charge in [0.1, 0.15) is 5.82 Å². The van der Waals surface area contributed by atoms with Gasteiger partial charge in [0, 0.05) is 5.69 Å². The van der Waals surface area contributed by atoms with Crippen molar-refractivity contribution in [3.8, 4) is 0 Å². The predicted octanol–water partition coefficient (Wildman–Crippen LogP) is 3.18. The molecule has 0 saturated heterocycles. The molecule has 3 nitrogen and oxygen atoms in total. The summed E-state index contributed by atoms with van der Waals surface area (Å²) in [5.74, 6) is -0.585. The third-order valence-electron chi connectivity index (χ3n) is 2.65. The second-order valence-electron chi connectivity index (χ2n) is 4.25. The number of carbonyl (C=O) groups is 1. The van der Waals surface area contributed by atoms with Crippen LogP contribution in [0.2, 0.25) is 0 Å². The second kappa shape index (κ2) is 6.00. The Hall–Kier alpha value is -2.36. The average Bonchev–Trinajstić information content (AvgIpc) is 2.40. The Bertz CT molecular complexity index is 567. The molecule has 19 heavy (non-hydrogen) atoms. The van der Waals surface area contributed by atoms with Crippen LogP contribution in [0, 0.1) is 12.7 Å². The number of hydrogen-bond donors (Lipinski definition) is 2. The quantitative estimate of drug-likeness (QED) is 0.884. The summed E-state index contributed by atoms with van der Waals surface area (Å²) in [6.07, 6.45) is 0. The van der Waals surface area contributed by atoms with Gasteiger partial charge in [0.25, 0.3) is 0 Å². The molecule has 2 N–H and O–H groups in total. The smallest absolute Gasteiger partial charge is 0.243 e. The maximum absolute atomic E-state index is 13.3. The van der Waals surface area contributed by atoms with E-state index in [9.17, 15) is 9.18 Å². The van der Waals surface area contributed by atoms with Crippen LogP contribution in [0.25, 0.3) is 0 Å². The molecule has 2 rings (SSSR count). The van der Waals surface area contributed by atoms with E-state index in [2.05, 4.69) is 10.6 Å². The Balaban J connectivity index is 1.88. The van der Waals surface area contributed by atoms with Crippen molar-refractivity contribution >= 4 is 17.3 Å². The summed E-state index contributed by atoms with van der Waals surface area (Å²) in [5, 5.41) is 5.49. The van der Waals surface area contributed by atoms with Crippen molar-refractivity contribution in [3.63, 3.8) is 0 Å². The fourth-order valence-corrected chi connectivity index (χ4v) is 1.62. The predicted molar refractivity (Wildman–Crippen MR) is 74.7 cm³/mol. The number of anilines is 2. The lowest BCUT2D eigenvalue weighted by Gasteiger charge is -2.08. The molecule has 0 aliphatic carbocycles. The Morgan fingerprint density at radius 2 is 1.79 bits per heavy atom. The van der Waals surface area contributed by atoms with E-state index >= 15 is 0 Å². The van der Waals surface area contributed by atoms with E-state index in [1.54, 1.807) is 18.2 Å². The molecule has 2 aromatic carbocycles. The Labute approximate surface area is 111 Å². The minimum Gasteiger partial charge on any atom is -0.374 e. The van der Waals surface area contributed by atoms with Crippen LogP contribution in [0.1, 0.15) is 5.56 Å². The van der Waals surface area contributed by atoms with Gasteiger partial charge < -0.3 is 10.6 Å². The first-order valence-electron chi connectivity index (χ1n) is 6.00. The zero-order valence-electron chi connectivity index (χ0n) is 10.6. The van der Waals surface area contributed by atoms with Gasteiger partial charge in [-0.05, 0) is 31.2 Å². The topological polar surface area (TPSA) is 41.1 Å². The molecule has 0 fully saturated rings. The van der Waals surface area contributed by atoms with Gasteiger partial charge in [-0.25, -0.2) is 4.39 Å². The summed E-state index contributed by atoms with van der Waals surface area (Å²) in [6.45, 7) is 2.00. The first-order chi connectivity index (χ1) is 9.15. The first-order valence-corrected chi connectivity index (χ1v) is 6.00. The van der Waals surface area contributed by atoms with E-state index in [1.807, 2.05) is 31.2 Å². The molecule has 0 unspecified atom stereocenters. The summed E-state index contributed by atoms with van der Waals surface area (Å²) in [5.41, 5.74) is 2.18. The van der Waals surface area contributed by atoms with Crippen molar-refractivity contribution in [1.82, 2.24) is 0 Å². The molecule has 0 aliphatic rings. The highest BCUT2D eigenvalue weighted by Gasteiger charge is 2.04. The molecule has 0 heterocycles. The lowest BCUT2D eigenvalue weighted by atomic mass is 10.2. The third-order valence-corrected chi connectivity index (χ3v) is 2.65. The zero-order valence-corrected chi connectivity index (χ0v) is 10.6. The molecule has 4 heteroatoms. The first kappa shape index (κ1) is 13.1. The van der Waals surface area contributed by atoms with Crippen LogP contribution in [-0.4, -0.2) is 12.5 Å². The largest absolute Gasteiger partial charge is 0.374 e. The fourth-order valence-electron chi connectivity index (χ4n) is 1.62.